The summed E-state index contributed by atoms with van der Waals surface area (Å²) in [7, 11) is 0. The molecule has 1 heterocycles. The number of aliphatic hydroxyl groups excluding tert-OH is 2. The minimum atomic E-state index is -2.04. The Hall–Kier alpha value is -3.87. The number of rotatable bonds is 12. The number of hydrogen-bond donors (Lipinski definition) is 4. The van der Waals surface area contributed by atoms with E-state index in [1.807, 2.05) is 62.4 Å². The zero-order valence-electron chi connectivity index (χ0n) is 23.9. The van der Waals surface area contributed by atoms with Gasteiger partial charge in [0.25, 0.3) is 0 Å². The molecule has 2 aromatic rings. The molecule has 2 aromatic carbocycles. The van der Waals surface area contributed by atoms with E-state index in [0.29, 0.717) is 6.54 Å². The largest absolute Gasteiger partial charge is 0.463 e. The topological polar surface area (TPSA) is 154 Å². The molecule has 1 aliphatic heterocycles. The minimum absolute atomic E-state index is 0.0391. The van der Waals surface area contributed by atoms with Crippen LogP contribution in [0.1, 0.15) is 42.9 Å². The van der Waals surface area contributed by atoms with E-state index in [0.717, 1.165) is 29.3 Å². The van der Waals surface area contributed by atoms with Crippen molar-refractivity contribution in [3.8, 4) is 0 Å². The number of esters is 1. The molecule has 5 atom stereocenters. The second-order valence-corrected chi connectivity index (χ2v) is 10.2. The lowest BCUT2D eigenvalue weighted by molar-refractivity contribution is -0.242. The van der Waals surface area contributed by atoms with Gasteiger partial charge in [0.1, 0.15) is 24.9 Å². The number of para-hydroxylation sites is 1. The van der Waals surface area contributed by atoms with Gasteiger partial charge in [0.05, 0.1) is 13.0 Å². The average Bonchev–Trinajstić information content (AvgIpc) is 2.95. The number of hydrogen-bond acceptors (Lipinski definition) is 8. The number of carbonyl (C=O) groups excluding carboxylic acids is 4. The normalized spacial score (nSPS) is 21.7. The van der Waals surface area contributed by atoms with E-state index in [9.17, 15) is 33.8 Å². The predicted molar refractivity (Wildman–Crippen MR) is 151 cm³/mol. The van der Waals surface area contributed by atoms with Crippen molar-refractivity contribution in [1.82, 2.24) is 10.6 Å². The Labute approximate surface area is 244 Å². The summed E-state index contributed by atoms with van der Waals surface area (Å²) in [6, 6.07) is 14.0. The number of amides is 3. The van der Waals surface area contributed by atoms with Crippen molar-refractivity contribution >= 4 is 29.4 Å². The van der Waals surface area contributed by atoms with Crippen LogP contribution in [0.5, 0.6) is 0 Å². The SMILES string of the molecule is CC(=O)N[C@H]1C(O)O[C@H](COC(=O)CCC(=O)NCCC(=O)N(Cc2ccccc2C)c2ccccc2C)[C@@H](F)[C@@H]1O. The molecule has 12 heteroatoms. The lowest BCUT2D eigenvalue weighted by Crippen LogP contribution is -2.62. The van der Waals surface area contributed by atoms with Crippen LogP contribution in [0.3, 0.4) is 0 Å². The number of nitrogens with one attached hydrogen (secondary N) is 2. The monoisotopic (exact) mass is 587 g/mol. The summed E-state index contributed by atoms with van der Waals surface area (Å²) in [5, 5.41) is 24.8. The van der Waals surface area contributed by atoms with Gasteiger partial charge in [0, 0.05) is 32.0 Å². The number of benzene rings is 2. The molecule has 42 heavy (non-hydrogen) atoms. The third kappa shape index (κ3) is 9.07. The fraction of sp³-hybridized carbons (Fsp3) is 0.467. The summed E-state index contributed by atoms with van der Waals surface area (Å²) in [5.74, 6) is -2.05. The van der Waals surface area contributed by atoms with E-state index < -0.39 is 55.1 Å². The van der Waals surface area contributed by atoms with Gasteiger partial charge in [-0.15, -0.1) is 0 Å². The molecule has 11 nitrogen and oxygen atoms in total. The molecule has 0 spiro atoms. The second-order valence-electron chi connectivity index (χ2n) is 10.2. The minimum Gasteiger partial charge on any atom is -0.463 e. The molecular weight excluding hydrogens is 549 g/mol. The van der Waals surface area contributed by atoms with Gasteiger partial charge in [-0.2, -0.15) is 0 Å². The molecule has 0 bridgehead atoms. The lowest BCUT2D eigenvalue weighted by atomic mass is 9.98. The first-order valence-corrected chi connectivity index (χ1v) is 13.7. The van der Waals surface area contributed by atoms with Crippen LogP contribution in [0.4, 0.5) is 10.1 Å². The van der Waals surface area contributed by atoms with Crippen molar-refractivity contribution in [2.75, 3.05) is 18.1 Å². The third-order valence-electron chi connectivity index (χ3n) is 6.96. The lowest BCUT2D eigenvalue weighted by Gasteiger charge is -2.39. The van der Waals surface area contributed by atoms with Gasteiger partial charge < -0.3 is 35.2 Å². The molecular formula is C30H38FN3O8. The first kappa shape index (κ1) is 32.6. The van der Waals surface area contributed by atoms with E-state index in [4.69, 9.17) is 9.47 Å². The Balaban J connectivity index is 1.44. The predicted octanol–water partition coefficient (Wildman–Crippen LogP) is 1.59. The van der Waals surface area contributed by atoms with Crippen LogP contribution in [0.15, 0.2) is 48.5 Å². The molecule has 0 aromatic heterocycles. The smallest absolute Gasteiger partial charge is 0.306 e. The molecule has 0 saturated carbocycles. The van der Waals surface area contributed by atoms with Crippen LogP contribution >= 0.6 is 0 Å². The first-order valence-electron chi connectivity index (χ1n) is 13.7. The maximum absolute atomic E-state index is 14.5. The van der Waals surface area contributed by atoms with Crippen LogP contribution in [0.2, 0.25) is 0 Å². The van der Waals surface area contributed by atoms with E-state index in [-0.39, 0.29) is 31.7 Å². The fourth-order valence-corrected chi connectivity index (χ4v) is 4.57. The quantitative estimate of drug-likeness (QED) is 0.273. The molecule has 1 saturated heterocycles. The molecule has 3 rings (SSSR count). The van der Waals surface area contributed by atoms with Crippen molar-refractivity contribution in [3.05, 3.63) is 65.2 Å². The highest BCUT2D eigenvalue weighted by Crippen LogP contribution is 2.24. The summed E-state index contributed by atoms with van der Waals surface area (Å²) < 4.78 is 24.5. The number of anilines is 1. The van der Waals surface area contributed by atoms with Crippen molar-refractivity contribution < 1.29 is 43.3 Å². The van der Waals surface area contributed by atoms with Gasteiger partial charge in [-0.3, -0.25) is 19.2 Å². The first-order chi connectivity index (χ1) is 20.0. The van der Waals surface area contributed by atoms with Crippen LogP contribution in [0, 0.1) is 13.8 Å². The third-order valence-corrected chi connectivity index (χ3v) is 6.96. The Morgan fingerprint density at radius 3 is 2.31 bits per heavy atom. The van der Waals surface area contributed by atoms with Crippen LogP contribution in [0.25, 0.3) is 0 Å². The Morgan fingerprint density at radius 2 is 1.64 bits per heavy atom. The molecule has 0 aliphatic carbocycles. The van der Waals surface area contributed by atoms with Gasteiger partial charge in [-0.05, 0) is 36.6 Å². The summed E-state index contributed by atoms with van der Waals surface area (Å²) in [4.78, 5) is 50.5. The molecule has 0 radical (unpaired) electrons. The van der Waals surface area contributed by atoms with Crippen molar-refractivity contribution in [1.29, 1.82) is 0 Å². The summed E-state index contributed by atoms with van der Waals surface area (Å²) in [6.07, 6.45) is -7.47. The second kappa shape index (κ2) is 15.4. The number of halogens is 1. The number of ether oxygens (including phenoxy) is 2. The molecule has 4 N–H and O–H groups in total. The van der Waals surface area contributed by atoms with Crippen LogP contribution in [-0.2, 0) is 35.2 Å². The number of aliphatic hydroxyl groups is 2. The number of nitrogens with zero attached hydrogens (tertiary/aromatic N) is 1. The number of carbonyl (C=O) groups is 4. The molecule has 1 fully saturated rings. The fourth-order valence-electron chi connectivity index (χ4n) is 4.57. The Bertz CT molecular complexity index is 1260. The van der Waals surface area contributed by atoms with E-state index in [2.05, 4.69) is 10.6 Å². The van der Waals surface area contributed by atoms with Gasteiger partial charge in [0.2, 0.25) is 17.7 Å². The van der Waals surface area contributed by atoms with Gasteiger partial charge in [0.15, 0.2) is 12.5 Å². The molecule has 1 unspecified atom stereocenters. The highest BCUT2D eigenvalue weighted by molar-refractivity contribution is 5.94. The van der Waals surface area contributed by atoms with E-state index in [1.54, 1.807) is 4.90 Å². The molecule has 228 valence electrons. The standard InChI is InChI=1S/C30H38FN3O8/c1-18-8-4-6-10-21(18)16-34(22-11-7-5-9-19(22)2)25(37)14-15-32-24(36)12-13-26(38)41-17-23-27(31)29(39)28(30(40)42-23)33-20(3)35/h4-11,23,27-30,39-40H,12-17H2,1-3H3,(H,32,36)(H,33,35)/t23-,27-,28-,29+,30?/m1/s1. The number of alkyl halides is 1. The van der Waals surface area contributed by atoms with E-state index >= 15 is 0 Å². The highest BCUT2D eigenvalue weighted by Gasteiger charge is 2.46. The Morgan fingerprint density at radius 1 is 0.976 bits per heavy atom. The average molecular weight is 588 g/mol. The maximum atomic E-state index is 14.5. The number of aryl methyl sites for hydroxylation is 2. The zero-order chi connectivity index (χ0) is 30.8. The highest BCUT2D eigenvalue weighted by atomic mass is 19.1. The van der Waals surface area contributed by atoms with Gasteiger partial charge >= 0.3 is 5.97 Å². The van der Waals surface area contributed by atoms with Gasteiger partial charge in [-0.1, -0.05) is 42.5 Å². The summed E-state index contributed by atoms with van der Waals surface area (Å²) in [6.45, 7) is 4.88. The molecule has 3 amide bonds. The Kier molecular flexibility index (Phi) is 12.0. The van der Waals surface area contributed by atoms with Crippen LogP contribution < -0.4 is 15.5 Å². The van der Waals surface area contributed by atoms with Crippen molar-refractivity contribution in [2.45, 2.75) is 77.3 Å². The summed E-state index contributed by atoms with van der Waals surface area (Å²) in [5.41, 5.74) is 3.79. The summed E-state index contributed by atoms with van der Waals surface area (Å²) >= 11 is 0. The van der Waals surface area contributed by atoms with E-state index in [1.165, 1.54) is 0 Å². The van der Waals surface area contributed by atoms with Crippen LogP contribution in [-0.4, -0.2) is 77.8 Å². The molecule has 1 aliphatic rings. The maximum Gasteiger partial charge on any atom is 0.306 e. The van der Waals surface area contributed by atoms with Gasteiger partial charge in [-0.25, -0.2) is 4.39 Å². The van der Waals surface area contributed by atoms with Crippen molar-refractivity contribution in [2.24, 2.45) is 0 Å². The van der Waals surface area contributed by atoms with Crippen molar-refractivity contribution in [3.63, 3.8) is 0 Å². The zero-order valence-corrected chi connectivity index (χ0v) is 23.9.